The molecule has 0 saturated heterocycles. The Balaban J connectivity index is 1.94. The third kappa shape index (κ3) is 4.04. The lowest BCUT2D eigenvalue weighted by atomic mass is 10.3. The van der Waals surface area contributed by atoms with Crippen LogP contribution in [-0.2, 0) is 18.3 Å². The Hall–Kier alpha value is -1.41. The highest BCUT2D eigenvalue weighted by Crippen LogP contribution is 2.20. The minimum absolute atomic E-state index is 0.144. The van der Waals surface area contributed by atoms with Crippen LogP contribution >= 0.6 is 27.7 Å². The maximum atomic E-state index is 13.6. The van der Waals surface area contributed by atoms with Gasteiger partial charge in [-0.1, -0.05) is 34.6 Å². The zero-order valence-electron chi connectivity index (χ0n) is 11.6. The number of hydrogen-bond donors (Lipinski definition) is 1. The van der Waals surface area contributed by atoms with Gasteiger partial charge in [0.15, 0.2) is 5.16 Å². The van der Waals surface area contributed by atoms with Gasteiger partial charge < -0.3 is 9.88 Å². The Morgan fingerprint density at radius 2 is 2.24 bits per heavy atom. The number of nitrogens with zero attached hydrogens (tertiary/aromatic N) is 3. The lowest BCUT2D eigenvalue weighted by Gasteiger charge is -2.06. The van der Waals surface area contributed by atoms with Crippen molar-refractivity contribution in [3.63, 3.8) is 0 Å². The van der Waals surface area contributed by atoms with E-state index in [1.54, 1.807) is 6.07 Å². The molecule has 1 amide bonds. The first-order valence-electron chi connectivity index (χ1n) is 6.27. The molecule has 0 radical (unpaired) electrons. The third-order valence-corrected chi connectivity index (χ3v) is 4.29. The SMILES string of the molecule is CCc1nnc(SCC(=O)Nc2ccc(Br)cc2F)n1C. The van der Waals surface area contributed by atoms with Crippen molar-refractivity contribution < 1.29 is 9.18 Å². The van der Waals surface area contributed by atoms with Gasteiger partial charge in [-0.25, -0.2) is 4.39 Å². The van der Waals surface area contributed by atoms with Crippen molar-refractivity contribution in [1.82, 2.24) is 14.8 Å². The van der Waals surface area contributed by atoms with Crippen LogP contribution in [0.1, 0.15) is 12.7 Å². The molecule has 0 atom stereocenters. The molecular weight excluding hydrogens is 359 g/mol. The van der Waals surface area contributed by atoms with E-state index in [-0.39, 0.29) is 17.3 Å². The standard InChI is InChI=1S/C13H14BrFN4OS/c1-3-11-17-18-13(19(11)2)21-7-12(20)16-10-5-4-8(14)6-9(10)15/h4-6H,3,7H2,1-2H3,(H,16,20). The van der Waals surface area contributed by atoms with Crippen LogP contribution in [0.3, 0.4) is 0 Å². The maximum absolute atomic E-state index is 13.6. The number of aromatic nitrogens is 3. The van der Waals surface area contributed by atoms with E-state index in [1.807, 2.05) is 18.5 Å². The number of anilines is 1. The maximum Gasteiger partial charge on any atom is 0.234 e. The third-order valence-electron chi connectivity index (χ3n) is 2.78. The number of hydrogen-bond acceptors (Lipinski definition) is 4. The average molecular weight is 373 g/mol. The zero-order valence-corrected chi connectivity index (χ0v) is 14.0. The number of halogens is 2. The lowest BCUT2D eigenvalue weighted by Crippen LogP contribution is -2.15. The molecule has 112 valence electrons. The van der Waals surface area contributed by atoms with Gasteiger partial charge in [0.1, 0.15) is 11.6 Å². The second kappa shape index (κ2) is 7.04. The summed E-state index contributed by atoms with van der Waals surface area (Å²) in [6.45, 7) is 1.99. The molecule has 1 N–H and O–H groups in total. The average Bonchev–Trinajstić information content (AvgIpc) is 2.80. The fourth-order valence-electron chi connectivity index (χ4n) is 1.69. The van der Waals surface area contributed by atoms with Crippen molar-refractivity contribution in [2.24, 2.45) is 7.05 Å². The van der Waals surface area contributed by atoms with E-state index in [9.17, 15) is 9.18 Å². The lowest BCUT2D eigenvalue weighted by molar-refractivity contribution is -0.113. The number of amides is 1. The molecule has 2 rings (SSSR count). The minimum Gasteiger partial charge on any atom is -0.323 e. The number of carbonyl (C=O) groups excluding carboxylic acids is 1. The van der Waals surface area contributed by atoms with Gasteiger partial charge in [-0.05, 0) is 18.2 Å². The van der Waals surface area contributed by atoms with Gasteiger partial charge in [0.05, 0.1) is 11.4 Å². The summed E-state index contributed by atoms with van der Waals surface area (Å²) in [5.74, 6) is 0.236. The molecule has 0 aliphatic heterocycles. The van der Waals surface area contributed by atoms with Gasteiger partial charge in [-0.15, -0.1) is 10.2 Å². The van der Waals surface area contributed by atoms with Crippen molar-refractivity contribution in [2.75, 3.05) is 11.1 Å². The number of thioether (sulfide) groups is 1. The van der Waals surface area contributed by atoms with Crippen molar-refractivity contribution in [3.8, 4) is 0 Å². The van der Waals surface area contributed by atoms with Crippen molar-refractivity contribution in [3.05, 3.63) is 34.3 Å². The quantitative estimate of drug-likeness (QED) is 0.819. The summed E-state index contributed by atoms with van der Waals surface area (Å²) in [4.78, 5) is 11.8. The smallest absolute Gasteiger partial charge is 0.234 e. The molecule has 5 nitrogen and oxygen atoms in total. The molecule has 1 heterocycles. The molecule has 0 aliphatic carbocycles. The van der Waals surface area contributed by atoms with E-state index in [0.717, 1.165) is 12.2 Å². The van der Waals surface area contributed by atoms with Crippen LogP contribution in [0.25, 0.3) is 0 Å². The first kappa shape index (κ1) is 16.0. The molecule has 2 aromatic rings. The Morgan fingerprint density at radius 3 is 2.86 bits per heavy atom. The molecule has 0 fully saturated rings. The summed E-state index contributed by atoms with van der Waals surface area (Å²) in [5.41, 5.74) is 0.163. The molecule has 21 heavy (non-hydrogen) atoms. The normalized spacial score (nSPS) is 10.7. The number of aryl methyl sites for hydroxylation is 1. The second-order valence-corrected chi connectivity index (χ2v) is 6.13. The van der Waals surface area contributed by atoms with Crippen LogP contribution in [0, 0.1) is 5.82 Å². The highest BCUT2D eigenvalue weighted by molar-refractivity contribution is 9.10. The molecule has 0 saturated carbocycles. The molecule has 0 unspecified atom stereocenters. The predicted octanol–water partition coefficient (Wildman–Crippen LogP) is 3.01. The van der Waals surface area contributed by atoms with Gasteiger partial charge in [0, 0.05) is 17.9 Å². The fourth-order valence-corrected chi connectivity index (χ4v) is 2.75. The van der Waals surface area contributed by atoms with E-state index in [1.165, 1.54) is 23.9 Å². The topological polar surface area (TPSA) is 59.8 Å². The largest absolute Gasteiger partial charge is 0.323 e. The summed E-state index contributed by atoms with van der Waals surface area (Å²) < 4.78 is 16.1. The van der Waals surface area contributed by atoms with E-state index < -0.39 is 5.82 Å². The Morgan fingerprint density at radius 1 is 1.48 bits per heavy atom. The van der Waals surface area contributed by atoms with Crippen LogP contribution in [0.5, 0.6) is 0 Å². The monoisotopic (exact) mass is 372 g/mol. The zero-order chi connectivity index (χ0) is 15.4. The van der Waals surface area contributed by atoms with Crippen molar-refractivity contribution in [2.45, 2.75) is 18.5 Å². The van der Waals surface area contributed by atoms with Crippen molar-refractivity contribution in [1.29, 1.82) is 0 Å². The van der Waals surface area contributed by atoms with Gasteiger partial charge in [-0.2, -0.15) is 0 Å². The number of carbonyl (C=O) groups is 1. The van der Waals surface area contributed by atoms with Crippen LogP contribution in [0.15, 0.2) is 27.8 Å². The van der Waals surface area contributed by atoms with E-state index in [2.05, 4.69) is 31.4 Å². The van der Waals surface area contributed by atoms with Crippen LogP contribution < -0.4 is 5.32 Å². The second-order valence-electron chi connectivity index (χ2n) is 4.27. The fraction of sp³-hybridized carbons (Fsp3) is 0.308. The molecule has 0 aliphatic rings. The number of benzene rings is 1. The first-order chi connectivity index (χ1) is 10.0. The molecule has 8 heteroatoms. The first-order valence-corrected chi connectivity index (χ1v) is 8.05. The van der Waals surface area contributed by atoms with E-state index >= 15 is 0 Å². The van der Waals surface area contributed by atoms with Gasteiger partial charge in [0.25, 0.3) is 0 Å². The van der Waals surface area contributed by atoms with E-state index in [0.29, 0.717) is 9.63 Å². The van der Waals surface area contributed by atoms with Gasteiger partial charge >= 0.3 is 0 Å². The van der Waals surface area contributed by atoms with Crippen LogP contribution in [-0.4, -0.2) is 26.4 Å². The summed E-state index contributed by atoms with van der Waals surface area (Å²) >= 11 is 4.43. The highest BCUT2D eigenvalue weighted by Gasteiger charge is 2.12. The van der Waals surface area contributed by atoms with Crippen molar-refractivity contribution >= 4 is 39.3 Å². The minimum atomic E-state index is -0.477. The predicted molar refractivity (Wildman–Crippen MR) is 83.8 cm³/mol. The number of nitrogens with one attached hydrogen (secondary N) is 1. The summed E-state index contributed by atoms with van der Waals surface area (Å²) in [7, 11) is 1.85. The Kier molecular flexibility index (Phi) is 5.35. The molecule has 1 aromatic carbocycles. The summed E-state index contributed by atoms with van der Waals surface area (Å²) in [6, 6.07) is 4.49. The number of rotatable bonds is 5. The Bertz CT molecular complexity index is 662. The molecule has 0 bridgehead atoms. The summed E-state index contributed by atoms with van der Waals surface area (Å²) in [6.07, 6.45) is 0.778. The summed E-state index contributed by atoms with van der Waals surface area (Å²) in [5, 5.41) is 11.2. The van der Waals surface area contributed by atoms with Crippen LogP contribution in [0.4, 0.5) is 10.1 Å². The highest BCUT2D eigenvalue weighted by atomic mass is 79.9. The molecule has 0 spiro atoms. The molecular formula is C13H14BrFN4OS. The van der Waals surface area contributed by atoms with Gasteiger partial charge in [0.2, 0.25) is 5.91 Å². The van der Waals surface area contributed by atoms with E-state index in [4.69, 9.17) is 0 Å². The Labute approximate surface area is 134 Å². The van der Waals surface area contributed by atoms with Gasteiger partial charge in [-0.3, -0.25) is 4.79 Å². The molecule has 1 aromatic heterocycles. The van der Waals surface area contributed by atoms with Crippen LogP contribution in [0.2, 0.25) is 0 Å².